The van der Waals surface area contributed by atoms with Gasteiger partial charge < -0.3 is 9.47 Å². The smallest absolute Gasteiger partial charge is 0.309 e. The molecule has 1 fully saturated rings. The molecule has 21 heavy (non-hydrogen) atoms. The summed E-state index contributed by atoms with van der Waals surface area (Å²) < 4.78 is 10.5. The molecule has 0 bridgehead atoms. The second-order valence-corrected chi connectivity index (χ2v) is 6.49. The molecule has 0 amide bonds. The molecular weight excluding hydrogens is 268 g/mol. The van der Waals surface area contributed by atoms with Crippen molar-refractivity contribution >= 4 is 11.9 Å². The Morgan fingerprint density at radius 2 is 1.86 bits per heavy atom. The van der Waals surface area contributed by atoms with Gasteiger partial charge in [-0.15, -0.1) is 0 Å². The SMILES string of the molecule is CC(C)(C)OC(=O)C[C@@H]1C[C@H]1C(=O)OCc1ccccc1. The first-order valence-electron chi connectivity index (χ1n) is 7.27. The number of rotatable bonds is 5. The summed E-state index contributed by atoms with van der Waals surface area (Å²) in [7, 11) is 0. The summed E-state index contributed by atoms with van der Waals surface area (Å²) in [6, 6.07) is 9.57. The second-order valence-electron chi connectivity index (χ2n) is 6.49. The maximum Gasteiger partial charge on any atom is 0.309 e. The quantitative estimate of drug-likeness (QED) is 0.782. The first kappa shape index (κ1) is 15.5. The van der Waals surface area contributed by atoms with Gasteiger partial charge in [-0.05, 0) is 38.7 Å². The van der Waals surface area contributed by atoms with Crippen LogP contribution in [-0.2, 0) is 25.7 Å². The van der Waals surface area contributed by atoms with E-state index < -0.39 is 5.60 Å². The zero-order valence-corrected chi connectivity index (χ0v) is 12.8. The first-order valence-corrected chi connectivity index (χ1v) is 7.27. The largest absolute Gasteiger partial charge is 0.461 e. The van der Waals surface area contributed by atoms with Crippen LogP contribution in [0, 0.1) is 11.8 Å². The standard InChI is InChI=1S/C17H22O4/c1-17(2,3)21-15(18)10-13-9-14(13)16(19)20-11-12-7-5-4-6-8-12/h4-8,13-14H,9-11H2,1-3H3/t13-,14+/m0/s1. The van der Waals surface area contributed by atoms with E-state index in [1.54, 1.807) is 0 Å². The molecule has 1 aromatic carbocycles. The monoisotopic (exact) mass is 290 g/mol. The van der Waals surface area contributed by atoms with E-state index in [2.05, 4.69) is 0 Å². The predicted octanol–water partition coefficient (Wildman–Crippen LogP) is 3.10. The fraction of sp³-hybridized carbons (Fsp3) is 0.529. The first-order chi connectivity index (χ1) is 9.85. The average molecular weight is 290 g/mol. The highest BCUT2D eigenvalue weighted by Gasteiger charge is 2.45. The maximum absolute atomic E-state index is 11.9. The van der Waals surface area contributed by atoms with Crippen LogP contribution in [0.4, 0.5) is 0 Å². The van der Waals surface area contributed by atoms with E-state index in [0.29, 0.717) is 12.8 Å². The topological polar surface area (TPSA) is 52.6 Å². The minimum absolute atomic E-state index is 0.0723. The van der Waals surface area contributed by atoms with Crippen molar-refractivity contribution in [1.82, 2.24) is 0 Å². The third-order valence-corrected chi connectivity index (χ3v) is 3.30. The second kappa shape index (κ2) is 6.29. The van der Waals surface area contributed by atoms with Crippen molar-refractivity contribution in [3.63, 3.8) is 0 Å². The minimum Gasteiger partial charge on any atom is -0.461 e. The molecule has 1 aromatic rings. The Morgan fingerprint density at radius 3 is 2.48 bits per heavy atom. The molecule has 0 aromatic heterocycles. The fourth-order valence-corrected chi connectivity index (χ4v) is 2.19. The van der Waals surface area contributed by atoms with Crippen LogP contribution in [0.15, 0.2) is 30.3 Å². The Bertz CT molecular complexity index is 501. The Balaban J connectivity index is 1.71. The van der Waals surface area contributed by atoms with E-state index in [0.717, 1.165) is 5.56 Å². The van der Waals surface area contributed by atoms with E-state index in [1.807, 2.05) is 51.1 Å². The van der Waals surface area contributed by atoms with Crippen LogP contribution < -0.4 is 0 Å². The Labute approximate surface area is 125 Å². The van der Waals surface area contributed by atoms with Crippen molar-refractivity contribution in [2.75, 3.05) is 0 Å². The van der Waals surface area contributed by atoms with Crippen LogP contribution in [0.3, 0.4) is 0 Å². The molecule has 0 saturated heterocycles. The van der Waals surface area contributed by atoms with Crippen LogP contribution in [-0.4, -0.2) is 17.5 Å². The summed E-state index contributed by atoms with van der Waals surface area (Å²) in [5, 5.41) is 0. The highest BCUT2D eigenvalue weighted by molar-refractivity contribution is 5.78. The van der Waals surface area contributed by atoms with E-state index >= 15 is 0 Å². The minimum atomic E-state index is -0.477. The summed E-state index contributed by atoms with van der Waals surface area (Å²) in [6.45, 7) is 5.80. The Hall–Kier alpha value is -1.84. The Morgan fingerprint density at radius 1 is 1.19 bits per heavy atom. The van der Waals surface area contributed by atoms with Crippen LogP contribution >= 0.6 is 0 Å². The van der Waals surface area contributed by atoms with E-state index in [1.165, 1.54) is 0 Å². The summed E-state index contributed by atoms with van der Waals surface area (Å²) in [5.74, 6) is -0.539. The van der Waals surface area contributed by atoms with Crippen LogP contribution in [0.5, 0.6) is 0 Å². The summed E-state index contributed by atoms with van der Waals surface area (Å²) in [4.78, 5) is 23.6. The van der Waals surface area contributed by atoms with Gasteiger partial charge in [-0.3, -0.25) is 9.59 Å². The number of esters is 2. The summed E-state index contributed by atoms with van der Waals surface area (Å²) >= 11 is 0. The lowest BCUT2D eigenvalue weighted by Crippen LogP contribution is -2.24. The molecule has 1 saturated carbocycles. The maximum atomic E-state index is 11.9. The van der Waals surface area contributed by atoms with Crippen molar-refractivity contribution in [1.29, 1.82) is 0 Å². The lowest BCUT2D eigenvalue weighted by Gasteiger charge is -2.19. The van der Waals surface area contributed by atoms with E-state index in [4.69, 9.17) is 9.47 Å². The number of benzene rings is 1. The molecule has 0 radical (unpaired) electrons. The van der Waals surface area contributed by atoms with E-state index in [-0.39, 0.29) is 30.4 Å². The molecule has 1 aliphatic rings. The number of ether oxygens (including phenoxy) is 2. The van der Waals surface area contributed by atoms with Gasteiger partial charge >= 0.3 is 11.9 Å². The van der Waals surface area contributed by atoms with Gasteiger partial charge in [0.05, 0.1) is 5.92 Å². The molecule has 1 aliphatic carbocycles. The molecule has 4 nitrogen and oxygen atoms in total. The Kier molecular flexibility index (Phi) is 4.66. The van der Waals surface area contributed by atoms with Crippen molar-refractivity contribution in [2.24, 2.45) is 11.8 Å². The zero-order valence-electron chi connectivity index (χ0n) is 12.8. The average Bonchev–Trinajstić information content (AvgIpc) is 3.14. The van der Waals surface area contributed by atoms with Gasteiger partial charge in [0.2, 0.25) is 0 Å². The van der Waals surface area contributed by atoms with Crippen LogP contribution in [0.25, 0.3) is 0 Å². The van der Waals surface area contributed by atoms with Crippen molar-refractivity contribution < 1.29 is 19.1 Å². The van der Waals surface area contributed by atoms with Crippen LogP contribution in [0.1, 0.15) is 39.2 Å². The lowest BCUT2D eigenvalue weighted by atomic mass is 10.2. The van der Waals surface area contributed by atoms with Gasteiger partial charge in [-0.2, -0.15) is 0 Å². The summed E-state index contributed by atoms with van der Waals surface area (Å²) in [5.41, 5.74) is 0.491. The molecule has 0 unspecified atom stereocenters. The lowest BCUT2D eigenvalue weighted by molar-refractivity contribution is -0.155. The van der Waals surface area contributed by atoms with Crippen LogP contribution in [0.2, 0.25) is 0 Å². The highest BCUT2D eigenvalue weighted by Crippen LogP contribution is 2.42. The molecule has 4 heteroatoms. The fourth-order valence-electron chi connectivity index (χ4n) is 2.19. The van der Waals surface area contributed by atoms with Gasteiger partial charge in [0, 0.05) is 6.42 Å². The van der Waals surface area contributed by atoms with Gasteiger partial charge in [0.15, 0.2) is 0 Å². The number of hydrogen-bond donors (Lipinski definition) is 0. The molecule has 0 N–H and O–H groups in total. The highest BCUT2D eigenvalue weighted by atomic mass is 16.6. The zero-order chi connectivity index (χ0) is 15.5. The van der Waals surface area contributed by atoms with Gasteiger partial charge in [0.1, 0.15) is 12.2 Å². The normalized spacial score (nSPS) is 20.7. The van der Waals surface area contributed by atoms with Crippen molar-refractivity contribution in [3.05, 3.63) is 35.9 Å². The van der Waals surface area contributed by atoms with E-state index in [9.17, 15) is 9.59 Å². The molecule has 0 aliphatic heterocycles. The third-order valence-electron chi connectivity index (χ3n) is 3.30. The van der Waals surface area contributed by atoms with Gasteiger partial charge in [0.25, 0.3) is 0 Å². The molecule has 114 valence electrons. The summed E-state index contributed by atoms with van der Waals surface area (Å²) in [6.07, 6.45) is 1.01. The van der Waals surface area contributed by atoms with Gasteiger partial charge in [-0.25, -0.2) is 0 Å². The number of hydrogen-bond acceptors (Lipinski definition) is 4. The molecular formula is C17H22O4. The third kappa shape index (κ3) is 5.21. The molecule has 2 atom stereocenters. The van der Waals surface area contributed by atoms with Crippen molar-refractivity contribution in [2.45, 2.75) is 45.8 Å². The number of carbonyl (C=O) groups is 2. The predicted molar refractivity (Wildman–Crippen MR) is 78.3 cm³/mol. The molecule has 2 rings (SSSR count). The van der Waals surface area contributed by atoms with Crippen molar-refractivity contribution in [3.8, 4) is 0 Å². The molecule has 0 spiro atoms. The number of carbonyl (C=O) groups excluding carboxylic acids is 2. The van der Waals surface area contributed by atoms with Gasteiger partial charge in [-0.1, -0.05) is 30.3 Å². The molecule has 0 heterocycles.